The molecule has 48 heavy (non-hydrogen) atoms. The van der Waals surface area contributed by atoms with E-state index in [9.17, 15) is 15.3 Å². The van der Waals surface area contributed by atoms with E-state index in [1.165, 1.54) is 12.0 Å². The lowest BCUT2D eigenvalue weighted by molar-refractivity contribution is 0.278. The second-order valence-electron chi connectivity index (χ2n) is 16.6. The maximum atomic E-state index is 11.4. The van der Waals surface area contributed by atoms with E-state index < -0.39 is 0 Å². The topological polar surface area (TPSA) is 85.4 Å². The van der Waals surface area contributed by atoms with Gasteiger partial charge in [0.05, 0.1) is 12.1 Å². The van der Waals surface area contributed by atoms with Crippen LogP contribution in [0.4, 0.5) is 0 Å². The largest absolute Gasteiger partial charge is 0.508 e. The average molecular weight is 649 g/mol. The van der Waals surface area contributed by atoms with Gasteiger partial charge in [0, 0.05) is 45.8 Å². The van der Waals surface area contributed by atoms with Crippen molar-refractivity contribution in [2.45, 2.75) is 130 Å². The van der Waals surface area contributed by atoms with Crippen molar-refractivity contribution in [1.29, 1.82) is 0 Å². The van der Waals surface area contributed by atoms with Crippen LogP contribution in [-0.4, -0.2) is 39.8 Å². The zero-order chi connectivity index (χ0) is 35.4. The molecular formula is C43H56N2O3. The van der Waals surface area contributed by atoms with Crippen LogP contribution in [0.3, 0.4) is 0 Å². The first-order chi connectivity index (χ1) is 22.4. The number of hydrogen-bond donors (Lipinski definition) is 3. The van der Waals surface area contributed by atoms with Crippen LogP contribution in [0.15, 0.2) is 58.5 Å². The number of phenolic OH excluding ortho intramolecular Hbond substituents is 3. The lowest BCUT2D eigenvalue weighted by atomic mass is 9.79. The number of aromatic hydroxyl groups is 3. The molecule has 1 fully saturated rings. The van der Waals surface area contributed by atoms with Crippen molar-refractivity contribution < 1.29 is 15.3 Å². The summed E-state index contributed by atoms with van der Waals surface area (Å²) in [6.45, 7) is 21.5. The maximum absolute atomic E-state index is 11.4. The van der Waals surface area contributed by atoms with E-state index >= 15 is 0 Å². The van der Waals surface area contributed by atoms with Crippen LogP contribution < -0.4 is 0 Å². The number of benzene rings is 3. The van der Waals surface area contributed by atoms with Crippen LogP contribution in [0.1, 0.15) is 140 Å². The molecule has 1 aliphatic carbocycles. The van der Waals surface area contributed by atoms with E-state index in [1.54, 1.807) is 30.5 Å². The molecule has 5 heteroatoms. The number of rotatable bonds is 6. The summed E-state index contributed by atoms with van der Waals surface area (Å²) in [7, 11) is 0. The number of phenols is 3. The zero-order valence-corrected chi connectivity index (χ0v) is 30.8. The first-order valence-electron chi connectivity index (χ1n) is 17.5. The highest BCUT2D eigenvalue weighted by Crippen LogP contribution is 2.38. The Labute approximate surface area is 289 Å². The molecule has 0 amide bonds. The van der Waals surface area contributed by atoms with Gasteiger partial charge in [-0.05, 0) is 89.5 Å². The van der Waals surface area contributed by atoms with E-state index in [4.69, 9.17) is 9.98 Å². The van der Waals surface area contributed by atoms with Gasteiger partial charge < -0.3 is 15.3 Å². The van der Waals surface area contributed by atoms with Gasteiger partial charge >= 0.3 is 0 Å². The van der Waals surface area contributed by atoms with E-state index in [0.717, 1.165) is 53.5 Å². The van der Waals surface area contributed by atoms with Crippen molar-refractivity contribution in [3.63, 3.8) is 0 Å². The second kappa shape index (κ2) is 14.6. The minimum atomic E-state index is -0.302. The van der Waals surface area contributed by atoms with Crippen LogP contribution >= 0.6 is 0 Å². The number of nitrogens with zero attached hydrogens (tertiary/aromatic N) is 2. The summed E-state index contributed by atoms with van der Waals surface area (Å²) in [6, 6.07) is 14.8. The van der Waals surface area contributed by atoms with Crippen LogP contribution in [0.2, 0.25) is 0 Å². The first kappa shape index (κ1) is 36.8. The molecule has 1 aliphatic rings. The van der Waals surface area contributed by atoms with E-state index in [0.29, 0.717) is 17.2 Å². The third kappa shape index (κ3) is 9.31. The fourth-order valence-electron chi connectivity index (χ4n) is 6.42. The van der Waals surface area contributed by atoms with Crippen molar-refractivity contribution in [2.24, 2.45) is 15.9 Å². The molecule has 0 saturated heterocycles. The molecule has 256 valence electrons. The number of hydrogen-bond acceptors (Lipinski definition) is 5. The van der Waals surface area contributed by atoms with Crippen LogP contribution in [-0.2, 0) is 16.2 Å². The minimum absolute atomic E-state index is 0.0379. The monoisotopic (exact) mass is 648 g/mol. The summed E-state index contributed by atoms with van der Waals surface area (Å²) >= 11 is 0. The summed E-state index contributed by atoms with van der Waals surface area (Å²) in [6.07, 6.45) is 8.93. The Morgan fingerprint density at radius 3 is 1.77 bits per heavy atom. The molecule has 3 aromatic rings. The summed E-state index contributed by atoms with van der Waals surface area (Å²) in [5, 5.41) is 32.5. The summed E-state index contributed by atoms with van der Waals surface area (Å²) in [5.41, 5.74) is 5.30. The van der Waals surface area contributed by atoms with Crippen LogP contribution in [0.25, 0.3) is 0 Å². The molecule has 0 spiro atoms. The summed E-state index contributed by atoms with van der Waals surface area (Å²) in [5.74, 6) is 7.74. The van der Waals surface area contributed by atoms with Crippen molar-refractivity contribution in [2.75, 3.05) is 0 Å². The molecule has 0 aliphatic heterocycles. The van der Waals surface area contributed by atoms with Gasteiger partial charge in [-0.15, -0.1) is 0 Å². The Kier molecular flexibility index (Phi) is 11.2. The van der Waals surface area contributed by atoms with Crippen molar-refractivity contribution >= 4 is 12.4 Å². The van der Waals surface area contributed by atoms with Crippen molar-refractivity contribution in [3.05, 3.63) is 87.5 Å². The Balaban J connectivity index is 1.72. The molecular weight excluding hydrogens is 592 g/mol. The third-order valence-corrected chi connectivity index (χ3v) is 9.38. The SMILES string of the molecule is CCCC1CCC(N=Cc2cc(C#Cc3ccc(O)cc3)cc(C(C)(C)C)c2O)[C@H](N=Cc2cc(C(C)(C)C)cc(C(C)(C)C)c2O)C1. The molecule has 0 heterocycles. The molecule has 1 saturated carbocycles. The van der Waals surface area contributed by atoms with Gasteiger partial charge in [-0.1, -0.05) is 100.0 Å². The predicted molar refractivity (Wildman–Crippen MR) is 201 cm³/mol. The van der Waals surface area contributed by atoms with E-state index in [-0.39, 0.29) is 39.8 Å². The quantitative estimate of drug-likeness (QED) is 0.184. The molecule has 4 rings (SSSR count). The Morgan fingerprint density at radius 1 is 0.667 bits per heavy atom. The lowest BCUT2D eigenvalue weighted by Crippen LogP contribution is -2.31. The Morgan fingerprint density at radius 2 is 1.21 bits per heavy atom. The van der Waals surface area contributed by atoms with Crippen LogP contribution in [0, 0.1) is 17.8 Å². The molecule has 2 unspecified atom stereocenters. The van der Waals surface area contributed by atoms with Gasteiger partial charge in [-0.25, -0.2) is 0 Å². The summed E-state index contributed by atoms with van der Waals surface area (Å²) < 4.78 is 0. The minimum Gasteiger partial charge on any atom is -0.508 e. The van der Waals surface area contributed by atoms with Gasteiger partial charge in [0.25, 0.3) is 0 Å². The zero-order valence-electron chi connectivity index (χ0n) is 30.8. The molecule has 0 bridgehead atoms. The summed E-state index contributed by atoms with van der Waals surface area (Å²) in [4.78, 5) is 10.2. The van der Waals surface area contributed by atoms with Gasteiger partial charge in [-0.2, -0.15) is 0 Å². The standard InChI is InChI=1S/C43H56N2O3/c1-11-12-29-17-20-37(38(23-29)45-27-32-24-33(41(2,3)4)25-36(40(32)48)43(8,9)10)44-26-31-21-30(22-35(39(31)47)42(5,6)7)14-13-28-15-18-34(46)19-16-28/h15-16,18-19,21-22,24-27,29,37-38,46-48H,11-12,17,20,23H2,1-10H3/t29?,37?,38-/m1/s1. The normalized spacial score (nSPS) is 19.1. The Bertz CT molecular complexity index is 1700. The highest BCUT2D eigenvalue weighted by Gasteiger charge is 2.30. The highest BCUT2D eigenvalue weighted by atomic mass is 16.3. The van der Waals surface area contributed by atoms with Crippen molar-refractivity contribution in [3.8, 4) is 29.1 Å². The van der Waals surface area contributed by atoms with E-state index in [2.05, 4.69) is 93.2 Å². The lowest BCUT2D eigenvalue weighted by Gasteiger charge is -2.32. The first-order valence-corrected chi connectivity index (χ1v) is 17.5. The van der Waals surface area contributed by atoms with Gasteiger partial charge in [-0.3, -0.25) is 9.98 Å². The molecule has 0 radical (unpaired) electrons. The predicted octanol–water partition coefficient (Wildman–Crippen LogP) is 9.97. The molecule has 3 N–H and O–H groups in total. The maximum Gasteiger partial charge on any atom is 0.128 e. The molecule has 5 nitrogen and oxygen atoms in total. The average Bonchev–Trinajstić information content (AvgIpc) is 2.99. The Hall–Kier alpha value is -4.04. The third-order valence-electron chi connectivity index (χ3n) is 9.38. The van der Waals surface area contributed by atoms with Gasteiger partial charge in [0.2, 0.25) is 0 Å². The van der Waals surface area contributed by atoms with E-state index in [1.807, 2.05) is 18.3 Å². The van der Waals surface area contributed by atoms with Gasteiger partial charge in [0.1, 0.15) is 17.2 Å². The van der Waals surface area contributed by atoms with Crippen molar-refractivity contribution in [1.82, 2.24) is 0 Å². The van der Waals surface area contributed by atoms with Crippen LogP contribution in [0.5, 0.6) is 17.2 Å². The smallest absolute Gasteiger partial charge is 0.128 e. The second-order valence-corrected chi connectivity index (χ2v) is 16.6. The molecule has 0 aromatic heterocycles. The fraction of sp³-hybridized carbons (Fsp3) is 0.488. The molecule has 3 atom stereocenters. The number of aliphatic imine (C=N–C) groups is 2. The molecule has 3 aromatic carbocycles. The highest BCUT2D eigenvalue weighted by molar-refractivity contribution is 5.86. The van der Waals surface area contributed by atoms with Gasteiger partial charge in [0.15, 0.2) is 0 Å². The fourth-order valence-corrected chi connectivity index (χ4v) is 6.42.